The van der Waals surface area contributed by atoms with Crippen LogP contribution in [0.25, 0.3) is 11.3 Å². The number of non-ortho nitro benzene ring substituents is 1. The van der Waals surface area contributed by atoms with Crippen LogP contribution in [0, 0.1) is 17.0 Å². The molecule has 0 spiro atoms. The first kappa shape index (κ1) is 17.9. The predicted molar refractivity (Wildman–Crippen MR) is 98.7 cm³/mol. The van der Waals surface area contributed by atoms with E-state index in [1.807, 2.05) is 0 Å². The van der Waals surface area contributed by atoms with E-state index in [2.05, 4.69) is 10.5 Å². The van der Waals surface area contributed by atoms with E-state index in [9.17, 15) is 20.0 Å². The van der Waals surface area contributed by atoms with E-state index < -0.39 is 10.8 Å². The summed E-state index contributed by atoms with van der Waals surface area (Å²) in [5.74, 6) is 0.220. The third-order valence-corrected chi connectivity index (χ3v) is 3.82. The standard InChI is InChI=1S/C19H15N3O5/c1-12-10-13(22(25)26)6-8-15(12)18-9-7-14(27-18)11-20-21-19(24)16-4-2-3-5-17(16)23/h2-11,23H,1H3,(H,21,24)/b20-11+. The Bertz CT molecular complexity index is 1040. The zero-order valence-electron chi connectivity index (χ0n) is 14.2. The molecule has 1 heterocycles. The van der Waals surface area contributed by atoms with E-state index in [1.165, 1.54) is 30.5 Å². The topological polar surface area (TPSA) is 118 Å². The van der Waals surface area contributed by atoms with Gasteiger partial charge in [-0.25, -0.2) is 5.43 Å². The Morgan fingerprint density at radius 2 is 2.00 bits per heavy atom. The first-order valence-electron chi connectivity index (χ1n) is 7.92. The minimum Gasteiger partial charge on any atom is -0.507 e. The highest BCUT2D eigenvalue weighted by Gasteiger charge is 2.12. The summed E-state index contributed by atoms with van der Waals surface area (Å²) in [6.45, 7) is 1.76. The second kappa shape index (κ2) is 7.52. The van der Waals surface area contributed by atoms with Crippen LogP contribution in [0.5, 0.6) is 5.75 Å². The number of benzene rings is 2. The van der Waals surface area contributed by atoms with Crippen molar-refractivity contribution in [1.82, 2.24) is 5.43 Å². The number of hydrogen-bond donors (Lipinski definition) is 2. The van der Waals surface area contributed by atoms with Crippen LogP contribution in [-0.4, -0.2) is 22.2 Å². The van der Waals surface area contributed by atoms with E-state index in [0.717, 1.165) is 5.56 Å². The molecule has 136 valence electrons. The van der Waals surface area contributed by atoms with Crippen molar-refractivity contribution < 1.29 is 19.2 Å². The fourth-order valence-electron chi connectivity index (χ4n) is 2.49. The van der Waals surface area contributed by atoms with Gasteiger partial charge in [0, 0.05) is 17.7 Å². The van der Waals surface area contributed by atoms with Crippen molar-refractivity contribution in [1.29, 1.82) is 0 Å². The zero-order chi connectivity index (χ0) is 19.4. The molecule has 0 atom stereocenters. The zero-order valence-corrected chi connectivity index (χ0v) is 14.2. The van der Waals surface area contributed by atoms with Gasteiger partial charge in [-0.05, 0) is 42.8 Å². The summed E-state index contributed by atoms with van der Waals surface area (Å²) in [5.41, 5.74) is 3.85. The number of carbonyl (C=O) groups excluding carboxylic acids is 1. The van der Waals surface area contributed by atoms with Crippen molar-refractivity contribution >= 4 is 17.8 Å². The lowest BCUT2D eigenvalue weighted by Crippen LogP contribution is -2.17. The summed E-state index contributed by atoms with van der Waals surface area (Å²) in [5, 5.41) is 24.3. The first-order chi connectivity index (χ1) is 13.0. The van der Waals surface area contributed by atoms with Gasteiger partial charge in [0.1, 0.15) is 17.3 Å². The molecular weight excluding hydrogens is 350 g/mol. The number of aryl methyl sites for hydroxylation is 1. The molecule has 0 bridgehead atoms. The molecule has 0 aliphatic heterocycles. The average Bonchev–Trinajstić information content (AvgIpc) is 3.10. The van der Waals surface area contributed by atoms with Crippen LogP contribution >= 0.6 is 0 Å². The van der Waals surface area contributed by atoms with Crippen LogP contribution in [0.15, 0.2) is 64.1 Å². The molecule has 0 saturated heterocycles. The monoisotopic (exact) mass is 365 g/mol. The lowest BCUT2D eigenvalue weighted by Gasteiger charge is -2.02. The number of amides is 1. The van der Waals surface area contributed by atoms with Crippen molar-refractivity contribution in [2.24, 2.45) is 5.10 Å². The summed E-state index contributed by atoms with van der Waals surface area (Å²) in [6, 6.07) is 14.0. The normalized spacial score (nSPS) is 10.9. The molecule has 0 fully saturated rings. The number of furan rings is 1. The summed E-state index contributed by atoms with van der Waals surface area (Å²) in [7, 11) is 0. The molecule has 1 amide bonds. The Labute approximate surface area is 153 Å². The molecule has 3 aromatic rings. The van der Waals surface area contributed by atoms with Gasteiger partial charge in [0.15, 0.2) is 0 Å². The van der Waals surface area contributed by atoms with Gasteiger partial charge in [0.05, 0.1) is 16.7 Å². The Kier molecular flexibility index (Phi) is 4.98. The molecular formula is C19H15N3O5. The first-order valence-corrected chi connectivity index (χ1v) is 7.92. The molecule has 0 unspecified atom stereocenters. The molecule has 3 rings (SSSR count). The number of hydrazone groups is 1. The minimum absolute atomic E-state index is 0.0106. The average molecular weight is 365 g/mol. The highest BCUT2D eigenvalue weighted by molar-refractivity contribution is 5.97. The maximum absolute atomic E-state index is 11.9. The quantitative estimate of drug-likeness (QED) is 0.407. The van der Waals surface area contributed by atoms with Gasteiger partial charge < -0.3 is 9.52 Å². The fraction of sp³-hybridized carbons (Fsp3) is 0.0526. The molecule has 0 radical (unpaired) electrons. The molecule has 0 saturated carbocycles. The second-order valence-electron chi connectivity index (χ2n) is 5.67. The second-order valence-corrected chi connectivity index (χ2v) is 5.67. The largest absolute Gasteiger partial charge is 0.507 e. The van der Waals surface area contributed by atoms with Gasteiger partial charge in [-0.2, -0.15) is 5.10 Å². The van der Waals surface area contributed by atoms with Crippen LogP contribution in [0.2, 0.25) is 0 Å². The number of nitrogens with one attached hydrogen (secondary N) is 1. The summed E-state index contributed by atoms with van der Waals surface area (Å²) in [4.78, 5) is 22.3. The van der Waals surface area contributed by atoms with Gasteiger partial charge >= 0.3 is 0 Å². The summed E-state index contributed by atoms with van der Waals surface area (Å²) in [6.07, 6.45) is 1.32. The van der Waals surface area contributed by atoms with E-state index in [0.29, 0.717) is 17.1 Å². The Balaban J connectivity index is 1.71. The van der Waals surface area contributed by atoms with E-state index in [1.54, 1.807) is 37.3 Å². The van der Waals surface area contributed by atoms with E-state index in [-0.39, 0.29) is 17.0 Å². The number of para-hydroxylation sites is 1. The van der Waals surface area contributed by atoms with Crippen molar-refractivity contribution in [2.45, 2.75) is 6.92 Å². The smallest absolute Gasteiger partial charge is 0.275 e. The van der Waals surface area contributed by atoms with Crippen LogP contribution in [0.4, 0.5) is 5.69 Å². The maximum Gasteiger partial charge on any atom is 0.275 e. The van der Waals surface area contributed by atoms with Gasteiger partial charge in [-0.3, -0.25) is 14.9 Å². The maximum atomic E-state index is 11.9. The number of phenols is 1. The van der Waals surface area contributed by atoms with E-state index >= 15 is 0 Å². The van der Waals surface area contributed by atoms with Crippen LogP contribution in [0.1, 0.15) is 21.7 Å². The van der Waals surface area contributed by atoms with Gasteiger partial charge in [-0.1, -0.05) is 12.1 Å². The van der Waals surface area contributed by atoms with Crippen LogP contribution in [-0.2, 0) is 0 Å². The lowest BCUT2D eigenvalue weighted by atomic mass is 10.1. The number of nitro groups is 1. The lowest BCUT2D eigenvalue weighted by molar-refractivity contribution is -0.384. The molecule has 8 nitrogen and oxygen atoms in total. The third kappa shape index (κ3) is 4.01. The number of rotatable bonds is 5. The van der Waals surface area contributed by atoms with Crippen molar-refractivity contribution in [3.63, 3.8) is 0 Å². The van der Waals surface area contributed by atoms with Crippen molar-refractivity contribution in [2.75, 3.05) is 0 Å². The molecule has 2 N–H and O–H groups in total. The SMILES string of the molecule is Cc1cc([N+](=O)[O-])ccc1-c1ccc(/C=N/NC(=O)c2ccccc2O)o1. The fourth-order valence-corrected chi connectivity index (χ4v) is 2.49. The third-order valence-electron chi connectivity index (χ3n) is 3.82. The summed E-state index contributed by atoms with van der Waals surface area (Å²) >= 11 is 0. The van der Waals surface area contributed by atoms with Crippen molar-refractivity contribution in [3.05, 3.63) is 81.6 Å². The Morgan fingerprint density at radius 1 is 1.22 bits per heavy atom. The van der Waals surface area contributed by atoms with Gasteiger partial charge in [-0.15, -0.1) is 0 Å². The molecule has 1 aromatic heterocycles. The summed E-state index contributed by atoms with van der Waals surface area (Å²) < 4.78 is 5.64. The predicted octanol–water partition coefficient (Wildman–Crippen LogP) is 3.63. The number of hydrogen-bond acceptors (Lipinski definition) is 6. The van der Waals surface area contributed by atoms with Crippen molar-refractivity contribution in [3.8, 4) is 17.1 Å². The molecule has 0 aliphatic carbocycles. The van der Waals surface area contributed by atoms with Crippen LogP contribution < -0.4 is 5.43 Å². The molecule has 2 aromatic carbocycles. The van der Waals surface area contributed by atoms with Gasteiger partial charge in [0.2, 0.25) is 0 Å². The number of phenolic OH excluding ortho intramolecular Hbond substituents is 1. The Hall–Kier alpha value is -3.94. The number of nitro benzene ring substituents is 1. The highest BCUT2D eigenvalue weighted by Crippen LogP contribution is 2.28. The molecule has 0 aliphatic rings. The molecule has 8 heteroatoms. The number of nitrogens with zero attached hydrogens (tertiary/aromatic N) is 2. The van der Waals surface area contributed by atoms with E-state index in [4.69, 9.17) is 4.42 Å². The minimum atomic E-state index is -0.553. The highest BCUT2D eigenvalue weighted by atomic mass is 16.6. The number of aromatic hydroxyl groups is 1. The Morgan fingerprint density at radius 3 is 2.70 bits per heavy atom. The molecule has 27 heavy (non-hydrogen) atoms. The van der Waals surface area contributed by atoms with Gasteiger partial charge in [0.25, 0.3) is 11.6 Å². The number of carbonyl (C=O) groups is 1. The van der Waals surface area contributed by atoms with Crippen LogP contribution in [0.3, 0.4) is 0 Å².